The molecule has 0 unspecified atom stereocenters. The highest BCUT2D eigenvalue weighted by Crippen LogP contribution is 2.24. The zero-order valence-electron chi connectivity index (χ0n) is 6.92. The number of benzene rings is 1. The van der Waals surface area contributed by atoms with E-state index in [0.29, 0.717) is 15.4 Å². The van der Waals surface area contributed by atoms with Gasteiger partial charge in [-0.1, -0.05) is 15.9 Å². The predicted molar refractivity (Wildman–Crippen MR) is 58.4 cm³/mol. The summed E-state index contributed by atoms with van der Waals surface area (Å²) in [5.41, 5.74) is 1.21. The Kier molecular flexibility index (Phi) is 3.67. The summed E-state index contributed by atoms with van der Waals surface area (Å²) in [5.74, 6) is -1.05. The van der Waals surface area contributed by atoms with Crippen molar-refractivity contribution < 1.29 is 9.90 Å². The Hall–Kier alpha value is -0.860. The minimum absolute atomic E-state index is 0.110. The van der Waals surface area contributed by atoms with Crippen molar-refractivity contribution in [2.24, 2.45) is 0 Å². The molecule has 1 aromatic rings. The van der Waals surface area contributed by atoms with Gasteiger partial charge in [0.2, 0.25) is 0 Å². The molecule has 0 aliphatic heterocycles. The summed E-state index contributed by atoms with van der Waals surface area (Å²) in [6, 6.07) is 5.11. The number of aromatic carboxylic acids is 1. The first-order chi connectivity index (χ1) is 6.60. The Morgan fingerprint density at radius 2 is 2.21 bits per heavy atom. The molecule has 0 bridgehead atoms. The van der Waals surface area contributed by atoms with Crippen molar-refractivity contribution in [3.8, 4) is 6.07 Å². The van der Waals surface area contributed by atoms with Crippen molar-refractivity contribution in [3.63, 3.8) is 0 Å². The van der Waals surface area contributed by atoms with Gasteiger partial charge in [0, 0.05) is 9.80 Å². The second kappa shape index (κ2) is 4.58. The molecule has 14 heavy (non-hydrogen) atoms. The van der Waals surface area contributed by atoms with Crippen molar-refractivity contribution >= 4 is 37.8 Å². The molecule has 0 aliphatic carbocycles. The molecule has 5 heteroatoms. The van der Waals surface area contributed by atoms with Gasteiger partial charge < -0.3 is 5.11 Å². The Labute approximate surface area is 97.6 Å². The standard InChI is InChI=1S/C9H5Br2NO2/c10-3-5-1-6(4-12)8(11)7(2-5)9(13)14/h1-2H,3H2,(H,13,14). The molecular weight excluding hydrogens is 314 g/mol. The molecule has 0 amide bonds. The van der Waals surface area contributed by atoms with Crippen LogP contribution in [-0.4, -0.2) is 11.1 Å². The number of carboxylic acid groups (broad SMARTS) is 1. The number of alkyl halides is 1. The van der Waals surface area contributed by atoms with Crippen LogP contribution < -0.4 is 0 Å². The SMILES string of the molecule is N#Cc1cc(CBr)cc(C(=O)O)c1Br. The van der Waals surface area contributed by atoms with Crippen molar-refractivity contribution in [2.75, 3.05) is 0 Å². The summed E-state index contributed by atoms with van der Waals surface area (Å²) >= 11 is 6.30. The van der Waals surface area contributed by atoms with E-state index >= 15 is 0 Å². The van der Waals surface area contributed by atoms with Crippen LogP contribution in [0.2, 0.25) is 0 Å². The fourth-order valence-electron chi connectivity index (χ4n) is 0.998. The lowest BCUT2D eigenvalue weighted by Crippen LogP contribution is -2.00. The van der Waals surface area contributed by atoms with E-state index in [0.717, 1.165) is 5.56 Å². The Morgan fingerprint density at radius 3 is 2.64 bits per heavy atom. The molecule has 72 valence electrons. The van der Waals surface area contributed by atoms with Gasteiger partial charge in [0.05, 0.1) is 11.1 Å². The number of hydrogen-bond acceptors (Lipinski definition) is 2. The van der Waals surface area contributed by atoms with Gasteiger partial charge in [-0.25, -0.2) is 4.79 Å². The molecule has 1 aromatic carbocycles. The highest BCUT2D eigenvalue weighted by Gasteiger charge is 2.13. The van der Waals surface area contributed by atoms with Crippen LogP contribution in [0.1, 0.15) is 21.5 Å². The normalized spacial score (nSPS) is 9.50. The van der Waals surface area contributed by atoms with E-state index in [2.05, 4.69) is 31.9 Å². The highest BCUT2D eigenvalue weighted by atomic mass is 79.9. The van der Waals surface area contributed by atoms with Gasteiger partial charge in [0.25, 0.3) is 0 Å². The Balaban J connectivity index is 3.44. The van der Waals surface area contributed by atoms with Gasteiger partial charge in [-0.3, -0.25) is 0 Å². The fraction of sp³-hybridized carbons (Fsp3) is 0.111. The summed E-state index contributed by atoms with van der Waals surface area (Å²) in [7, 11) is 0. The minimum Gasteiger partial charge on any atom is -0.478 e. The Bertz CT molecular complexity index is 424. The molecule has 0 aliphatic rings. The second-order valence-corrected chi connectivity index (χ2v) is 3.91. The topological polar surface area (TPSA) is 61.1 Å². The average Bonchev–Trinajstić information content (AvgIpc) is 2.17. The lowest BCUT2D eigenvalue weighted by Gasteiger charge is -2.03. The second-order valence-electron chi connectivity index (χ2n) is 2.56. The number of halogens is 2. The number of carbonyl (C=O) groups is 1. The smallest absolute Gasteiger partial charge is 0.336 e. The van der Waals surface area contributed by atoms with E-state index in [4.69, 9.17) is 10.4 Å². The zero-order chi connectivity index (χ0) is 10.7. The van der Waals surface area contributed by atoms with Crippen molar-refractivity contribution in [1.82, 2.24) is 0 Å². The lowest BCUT2D eigenvalue weighted by molar-refractivity contribution is 0.0695. The summed E-state index contributed by atoms with van der Waals surface area (Å²) in [6.45, 7) is 0. The molecule has 1 N–H and O–H groups in total. The summed E-state index contributed by atoms with van der Waals surface area (Å²) in [6.07, 6.45) is 0. The highest BCUT2D eigenvalue weighted by molar-refractivity contribution is 9.10. The molecule has 0 aromatic heterocycles. The maximum atomic E-state index is 10.8. The van der Waals surface area contributed by atoms with Crippen LogP contribution >= 0.6 is 31.9 Å². The van der Waals surface area contributed by atoms with Gasteiger partial charge in [0.1, 0.15) is 6.07 Å². The fourth-order valence-corrected chi connectivity index (χ4v) is 1.81. The first-order valence-corrected chi connectivity index (χ1v) is 5.53. The number of carboxylic acids is 1. The molecule has 1 rings (SSSR count). The third-order valence-corrected chi connectivity index (χ3v) is 3.14. The van der Waals surface area contributed by atoms with Crippen LogP contribution in [-0.2, 0) is 5.33 Å². The average molecular weight is 319 g/mol. The molecule has 0 saturated heterocycles. The third-order valence-electron chi connectivity index (χ3n) is 1.64. The number of rotatable bonds is 2. The molecule has 0 heterocycles. The zero-order valence-corrected chi connectivity index (χ0v) is 10.1. The van der Waals surface area contributed by atoms with Gasteiger partial charge in [-0.15, -0.1) is 0 Å². The molecule has 3 nitrogen and oxygen atoms in total. The molecule has 0 spiro atoms. The van der Waals surface area contributed by atoms with Crippen molar-refractivity contribution in [2.45, 2.75) is 5.33 Å². The van der Waals surface area contributed by atoms with Gasteiger partial charge in [0.15, 0.2) is 0 Å². The number of nitriles is 1. The maximum Gasteiger partial charge on any atom is 0.336 e. The van der Waals surface area contributed by atoms with Crippen molar-refractivity contribution in [1.29, 1.82) is 5.26 Å². The quantitative estimate of drug-likeness (QED) is 0.853. The van der Waals surface area contributed by atoms with E-state index in [1.807, 2.05) is 6.07 Å². The van der Waals surface area contributed by atoms with Gasteiger partial charge >= 0.3 is 5.97 Å². The van der Waals surface area contributed by atoms with Gasteiger partial charge in [-0.2, -0.15) is 5.26 Å². The molecule has 0 saturated carbocycles. The number of nitrogens with zero attached hydrogens (tertiary/aromatic N) is 1. The first kappa shape index (κ1) is 11.2. The van der Waals surface area contributed by atoms with Crippen LogP contribution in [0.4, 0.5) is 0 Å². The first-order valence-electron chi connectivity index (χ1n) is 3.62. The van der Waals surface area contributed by atoms with Crippen LogP contribution in [0, 0.1) is 11.3 Å². The predicted octanol–water partition coefficient (Wildman–Crippen LogP) is 2.91. The largest absolute Gasteiger partial charge is 0.478 e. The number of hydrogen-bond donors (Lipinski definition) is 1. The molecule has 0 radical (unpaired) electrons. The molecular formula is C9H5Br2NO2. The van der Waals surface area contributed by atoms with E-state index in [1.54, 1.807) is 6.07 Å². The monoisotopic (exact) mass is 317 g/mol. The van der Waals surface area contributed by atoms with E-state index in [9.17, 15) is 4.79 Å². The molecule has 0 atom stereocenters. The van der Waals surface area contributed by atoms with Crippen LogP contribution in [0.15, 0.2) is 16.6 Å². The third kappa shape index (κ3) is 2.14. The molecule has 0 fully saturated rings. The van der Waals surface area contributed by atoms with Crippen LogP contribution in [0.3, 0.4) is 0 Å². The summed E-state index contributed by atoms with van der Waals surface area (Å²) in [4.78, 5) is 10.8. The maximum absolute atomic E-state index is 10.8. The van der Waals surface area contributed by atoms with Crippen LogP contribution in [0.25, 0.3) is 0 Å². The summed E-state index contributed by atoms with van der Waals surface area (Å²) < 4.78 is 0.331. The minimum atomic E-state index is -1.05. The van der Waals surface area contributed by atoms with Crippen LogP contribution in [0.5, 0.6) is 0 Å². The van der Waals surface area contributed by atoms with E-state index in [-0.39, 0.29) is 5.56 Å². The Morgan fingerprint density at radius 1 is 1.57 bits per heavy atom. The summed E-state index contributed by atoms with van der Waals surface area (Å²) in [5, 5.41) is 18.1. The van der Waals surface area contributed by atoms with Crippen molar-refractivity contribution in [3.05, 3.63) is 33.3 Å². The van der Waals surface area contributed by atoms with E-state index < -0.39 is 5.97 Å². The lowest BCUT2D eigenvalue weighted by atomic mass is 10.1. The van der Waals surface area contributed by atoms with Gasteiger partial charge in [-0.05, 0) is 33.6 Å². The van der Waals surface area contributed by atoms with E-state index in [1.165, 1.54) is 6.07 Å².